The molecular formula is C21H27FN2O3. The zero-order valence-corrected chi connectivity index (χ0v) is 16.5. The molecule has 2 rings (SSSR count). The maximum Gasteiger partial charge on any atom is 0.239 e. The van der Waals surface area contributed by atoms with Crippen LogP contribution in [0.25, 0.3) is 0 Å². The van der Waals surface area contributed by atoms with Gasteiger partial charge in [-0.2, -0.15) is 0 Å². The van der Waals surface area contributed by atoms with E-state index in [1.54, 1.807) is 32.2 Å². The van der Waals surface area contributed by atoms with Crippen molar-refractivity contribution in [2.75, 3.05) is 28.3 Å². The van der Waals surface area contributed by atoms with Crippen molar-refractivity contribution >= 4 is 5.91 Å². The predicted molar refractivity (Wildman–Crippen MR) is 103 cm³/mol. The van der Waals surface area contributed by atoms with E-state index in [-0.39, 0.29) is 17.8 Å². The lowest BCUT2D eigenvalue weighted by Crippen LogP contribution is -2.43. The van der Waals surface area contributed by atoms with Gasteiger partial charge in [0.2, 0.25) is 5.91 Å². The van der Waals surface area contributed by atoms with Crippen LogP contribution in [0.15, 0.2) is 42.5 Å². The molecule has 0 aromatic heterocycles. The van der Waals surface area contributed by atoms with E-state index >= 15 is 0 Å². The molecule has 2 aromatic carbocycles. The minimum Gasteiger partial charge on any atom is -0.493 e. The van der Waals surface area contributed by atoms with Crippen molar-refractivity contribution in [1.29, 1.82) is 0 Å². The van der Waals surface area contributed by atoms with E-state index in [1.807, 2.05) is 43.1 Å². The standard InChI is InChI=1S/C21H27FN2O3/c1-15(21(25)24(3)13-16-8-6-10-18(22)12-16)23(2)14-17-9-7-11-19(26-4)20(17)27-5/h6-12,15H,13-14H2,1-5H3. The van der Waals surface area contributed by atoms with Gasteiger partial charge in [0.1, 0.15) is 5.82 Å². The number of amides is 1. The quantitative estimate of drug-likeness (QED) is 0.711. The normalized spacial score (nSPS) is 12.0. The van der Waals surface area contributed by atoms with Gasteiger partial charge in [0.05, 0.1) is 20.3 Å². The number of hydrogen-bond acceptors (Lipinski definition) is 4. The molecule has 0 saturated carbocycles. The van der Waals surface area contributed by atoms with Gasteiger partial charge in [0, 0.05) is 25.7 Å². The Labute approximate surface area is 160 Å². The first-order valence-electron chi connectivity index (χ1n) is 8.77. The first kappa shape index (κ1) is 20.7. The predicted octanol–water partition coefficient (Wildman–Crippen LogP) is 3.32. The number of ether oxygens (including phenoxy) is 2. The van der Waals surface area contributed by atoms with Crippen LogP contribution in [-0.4, -0.2) is 50.1 Å². The summed E-state index contributed by atoms with van der Waals surface area (Å²) in [6.45, 7) is 2.75. The molecule has 1 atom stereocenters. The van der Waals surface area contributed by atoms with Gasteiger partial charge in [-0.15, -0.1) is 0 Å². The number of methoxy groups -OCH3 is 2. The maximum absolute atomic E-state index is 13.3. The molecule has 5 nitrogen and oxygen atoms in total. The Balaban J connectivity index is 2.05. The van der Waals surface area contributed by atoms with Crippen molar-refractivity contribution in [1.82, 2.24) is 9.80 Å². The van der Waals surface area contributed by atoms with Gasteiger partial charge in [0.15, 0.2) is 11.5 Å². The van der Waals surface area contributed by atoms with Crippen LogP contribution in [0.5, 0.6) is 11.5 Å². The number of carbonyl (C=O) groups excluding carboxylic acids is 1. The number of rotatable bonds is 8. The molecule has 0 heterocycles. The van der Waals surface area contributed by atoms with Crippen LogP contribution >= 0.6 is 0 Å². The van der Waals surface area contributed by atoms with Gasteiger partial charge in [-0.05, 0) is 37.7 Å². The third kappa shape index (κ3) is 5.20. The van der Waals surface area contributed by atoms with E-state index in [0.29, 0.717) is 24.6 Å². The van der Waals surface area contributed by atoms with Crippen molar-refractivity contribution in [3.8, 4) is 11.5 Å². The molecule has 6 heteroatoms. The summed E-state index contributed by atoms with van der Waals surface area (Å²) in [4.78, 5) is 16.3. The molecule has 0 aliphatic rings. The van der Waals surface area contributed by atoms with Crippen LogP contribution in [0, 0.1) is 5.82 Å². The Kier molecular flexibility index (Phi) is 7.19. The lowest BCUT2D eigenvalue weighted by atomic mass is 10.1. The van der Waals surface area contributed by atoms with Crippen molar-refractivity contribution < 1.29 is 18.7 Å². The molecule has 0 radical (unpaired) electrons. The first-order chi connectivity index (χ1) is 12.9. The Morgan fingerprint density at radius 2 is 1.78 bits per heavy atom. The summed E-state index contributed by atoms with van der Waals surface area (Å²) >= 11 is 0. The van der Waals surface area contributed by atoms with E-state index in [1.165, 1.54) is 12.1 Å². The van der Waals surface area contributed by atoms with E-state index < -0.39 is 0 Å². The Morgan fingerprint density at radius 1 is 1.07 bits per heavy atom. The number of hydrogen-bond donors (Lipinski definition) is 0. The van der Waals surface area contributed by atoms with E-state index in [2.05, 4.69) is 0 Å². The summed E-state index contributed by atoms with van der Waals surface area (Å²) in [6.07, 6.45) is 0. The lowest BCUT2D eigenvalue weighted by molar-refractivity contribution is -0.135. The molecule has 0 bridgehead atoms. The second-order valence-corrected chi connectivity index (χ2v) is 6.57. The third-order valence-electron chi connectivity index (χ3n) is 4.61. The largest absolute Gasteiger partial charge is 0.493 e. The zero-order chi connectivity index (χ0) is 20.0. The average Bonchev–Trinajstić information content (AvgIpc) is 2.66. The van der Waals surface area contributed by atoms with E-state index in [9.17, 15) is 9.18 Å². The van der Waals surface area contributed by atoms with Gasteiger partial charge < -0.3 is 14.4 Å². The van der Waals surface area contributed by atoms with Crippen LogP contribution in [0.4, 0.5) is 4.39 Å². The molecule has 0 N–H and O–H groups in total. The zero-order valence-electron chi connectivity index (χ0n) is 16.5. The molecule has 0 spiro atoms. The van der Waals surface area contributed by atoms with Gasteiger partial charge in [-0.1, -0.05) is 24.3 Å². The highest BCUT2D eigenvalue weighted by atomic mass is 19.1. The fraction of sp³-hybridized carbons (Fsp3) is 0.381. The fourth-order valence-electron chi connectivity index (χ4n) is 2.98. The number of nitrogens with zero attached hydrogens (tertiary/aromatic N) is 2. The van der Waals surface area contributed by atoms with Gasteiger partial charge >= 0.3 is 0 Å². The summed E-state index contributed by atoms with van der Waals surface area (Å²) in [7, 11) is 6.81. The molecule has 2 aromatic rings. The van der Waals surface area contributed by atoms with Crippen LogP contribution in [0.2, 0.25) is 0 Å². The Morgan fingerprint density at radius 3 is 2.41 bits per heavy atom. The van der Waals surface area contributed by atoms with Crippen molar-refractivity contribution in [2.24, 2.45) is 0 Å². The Bertz CT molecular complexity index is 782. The van der Waals surface area contributed by atoms with Crippen molar-refractivity contribution in [3.63, 3.8) is 0 Å². The first-order valence-corrected chi connectivity index (χ1v) is 8.77. The summed E-state index contributed by atoms with van der Waals surface area (Å²) < 4.78 is 24.1. The SMILES string of the molecule is COc1cccc(CN(C)C(C)C(=O)N(C)Cc2cccc(F)c2)c1OC. The average molecular weight is 374 g/mol. The van der Waals surface area contributed by atoms with Crippen LogP contribution in [0.3, 0.4) is 0 Å². The summed E-state index contributed by atoms with van der Waals surface area (Å²) in [5.41, 5.74) is 1.70. The highest BCUT2D eigenvalue weighted by Gasteiger charge is 2.23. The molecule has 0 aliphatic heterocycles. The number of likely N-dealkylation sites (N-methyl/N-ethyl adjacent to an activating group) is 2. The maximum atomic E-state index is 13.3. The molecule has 1 unspecified atom stereocenters. The monoisotopic (exact) mass is 374 g/mol. The van der Waals surface area contributed by atoms with Crippen LogP contribution < -0.4 is 9.47 Å². The van der Waals surface area contributed by atoms with Crippen LogP contribution in [0.1, 0.15) is 18.1 Å². The number of halogens is 1. The minimum atomic E-state index is -0.348. The van der Waals surface area contributed by atoms with Gasteiger partial charge in [-0.3, -0.25) is 9.69 Å². The molecule has 0 fully saturated rings. The molecule has 27 heavy (non-hydrogen) atoms. The second-order valence-electron chi connectivity index (χ2n) is 6.57. The topological polar surface area (TPSA) is 42.0 Å². The molecule has 0 aliphatic carbocycles. The fourth-order valence-corrected chi connectivity index (χ4v) is 2.98. The van der Waals surface area contributed by atoms with E-state index in [4.69, 9.17) is 9.47 Å². The number of benzene rings is 2. The smallest absolute Gasteiger partial charge is 0.239 e. The third-order valence-corrected chi connectivity index (χ3v) is 4.61. The van der Waals surface area contributed by atoms with Gasteiger partial charge in [-0.25, -0.2) is 4.39 Å². The molecule has 146 valence electrons. The van der Waals surface area contributed by atoms with E-state index in [0.717, 1.165) is 11.1 Å². The molecule has 0 saturated heterocycles. The summed E-state index contributed by atoms with van der Waals surface area (Å²) in [5, 5.41) is 0. The second kappa shape index (κ2) is 9.37. The number of carbonyl (C=O) groups is 1. The molecular weight excluding hydrogens is 347 g/mol. The Hall–Kier alpha value is -2.60. The molecule has 1 amide bonds. The minimum absolute atomic E-state index is 0.0383. The van der Waals surface area contributed by atoms with Crippen LogP contribution in [-0.2, 0) is 17.9 Å². The lowest BCUT2D eigenvalue weighted by Gasteiger charge is -2.29. The highest BCUT2D eigenvalue weighted by molar-refractivity contribution is 5.81. The highest BCUT2D eigenvalue weighted by Crippen LogP contribution is 2.31. The van der Waals surface area contributed by atoms with Crippen molar-refractivity contribution in [2.45, 2.75) is 26.1 Å². The number of para-hydroxylation sites is 1. The van der Waals surface area contributed by atoms with Crippen molar-refractivity contribution in [3.05, 3.63) is 59.4 Å². The summed E-state index contributed by atoms with van der Waals surface area (Å²) in [6, 6.07) is 11.6. The van der Waals surface area contributed by atoms with Gasteiger partial charge in [0.25, 0.3) is 0 Å². The summed E-state index contributed by atoms with van der Waals surface area (Å²) in [5.74, 6) is 0.984.